The summed E-state index contributed by atoms with van der Waals surface area (Å²) in [5.74, 6) is 0. The predicted octanol–water partition coefficient (Wildman–Crippen LogP) is 0.632. The van der Waals surface area contributed by atoms with Gasteiger partial charge in [-0.15, -0.1) is 0 Å². The van der Waals surface area contributed by atoms with Gasteiger partial charge < -0.3 is 0 Å². The summed E-state index contributed by atoms with van der Waals surface area (Å²) < 4.78 is 21.3. The van der Waals surface area contributed by atoms with E-state index >= 15 is 0 Å². The zero-order valence-corrected chi connectivity index (χ0v) is 11.6. The Bertz CT molecular complexity index is 96.7. The molecule has 12 heavy (non-hydrogen) atoms. The van der Waals surface area contributed by atoms with E-state index in [1.165, 1.54) is 0 Å². The molecule has 0 fully saturated rings. The van der Waals surface area contributed by atoms with E-state index in [-0.39, 0.29) is 0 Å². The first-order valence-corrected chi connectivity index (χ1v) is 6.81. The summed E-state index contributed by atoms with van der Waals surface area (Å²) in [5.41, 5.74) is 0. The van der Waals surface area contributed by atoms with Crippen LogP contribution in [0.25, 0.3) is 0 Å². The second-order valence-corrected chi connectivity index (χ2v) is 5.72. The molecule has 0 atom stereocenters. The fourth-order valence-electron chi connectivity index (χ4n) is 0.744. The van der Waals surface area contributed by atoms with Gasteiger partial charge in [0.2, 0.25) is 0 Å². The van der Waals surface area contributed by atoms with Crippen LogP contribution in [0.3, 0.4) is 0 Å². The zero-order valence-electron chi connectivity index (χ0n) is 7.75. The Morgan fingerprint density at radius 1 is 0.917 bits per heavy atom. The van der Waals surface area contributed by atoms with Gasteiger partial charge in [-0.05, 0) is 0 Å². The minimum absolute atomic E-state index is 0.556. The van der Waals surface area contributed by atoms with Crippen molar-refractivity contribution in [3.8, 4) is 0 Å². The summed E-state index contributed by atoms with van der Waals surface area (Å²) in [6.45, 7) is 7.36. The Balaban J connectivity index is 4.06. The van der Waals surface area contributed by atoms with Crippen LogP contribution in [0.5, 0.6) is 0 Å². The van der Waals surface area contributed by atoms with Crippen LogP contribution in [0.15, 0.2) is 0 Å². The summed E-state index contributed by atoms with van der Waals surface area (Å²) in [7, 11) is -2.73. The molecule has 0 unspecified atom stereocenters. The van der Waals surface area contributed by atoms with Crippen LogP contribution in [-0.4, -0.2) is 51.8 Å². The molecule has 4 nitrogen and oxygen atoms in total. The molecule has 6 heteroatoms. The van der Waals surface area contributed by atoms with Crippen LogP contribution in [-0.2, 0) is 16.0 Å². The first kappa shape index (κ1) is 12.9. The number of rotatable bonds is 7. The molecule has 0 aliphatic rings. The second-order valence-electron chi connectivity index (χ2n) is 1.90. The van der Waals surface area contributed by atoms with Crippen molar-refractivity contribution in [3.05, 3.63) is 0 Å². The molecule has 0 aliphatic carbocycles. The molecule has 71 valence electrons. The third-order valence-corrected chi connectivity index (χ3v) is 5.41. The molecule has 0 saturated carbocycles. The van der Waals surface area contributed by atoms with Gasteiger partial charge in [0.15, 0.2) is 0 Å². The first-order chi connectivity index (χ1) is 5.74. The molecule has 0 aromatic rings. The van der Waals surface area contributed by atoms with E-state index in [0.29, 0.717) is 19.8 Å². The standard InChI is InChI=1S/C6H15O4Si.Sn/c1-4-8-11(7,9-5-2)10-6-3;/h4-6H2,1-3H3;/q-1;+1. The van der Waals surface area contributed by atoms with Gasteiger partial charge in [0.05, 0.1) is 0 Å². The topological polar surface area (TPSA) is 36.9 Å². The summed E-state index contributed by atoms with van der Waals surface area (Å²) in [4.78, 5) is 0. The fraction of sp³-hybridized carbons (Fsp3) is 1.00. The van der Waals surface area contributed by atoms with Crippen molar-refractivity contribution in [2.45, 2.75) is 20.8 Å². The number of hydrogen-bond acceptors (Lipinski definition) is 4. The average molecular weight is 298 g/mol. The van der Waals surface area contributed by atoms with Crippen LogP contribution in [0, 0.1) is 0 Å². The summed E-state index contributed by atoms with van der Waals surface area (Å²) in [6, 6.07) is 0. The van der Waals surface area contributed by atoms with Gasteiger partial charge in [0.1, 0.15) is 0 Å². The molecule has 0 heterocycles. The molecule has 3 radical (unpaired) electrons. The van der Waals surface area contributed by atoms with Crippen molar-refractivity contribution in [3.63, 3.8) is 0 Å². The van der Waals surface area contributed by atoms with Crippen LogP contribution >= 0.6 is 0 Å². The maximum absolute atomic E-state index is 5.35. The van der Waals surface area contributed by atoms with Crippen molar-refractivity contribution in [1.82, 2.24) is 0 Å². The van der Waals surface area contributed by atoms with E-state index in [2.05, 4.69) is 0 Å². The molecule has 0 N–H and O–H groups in total. The normalized spacial score (nSPS) is 12.0. The monoisotopic (exact) mass is 299 g/mol. The van der Waals surface area contributed by atoms with E-state index in [0.717, 1.165) is 22.9 Å². The van der Waals surface area contributed by atoms with Gasteiger partial charge in [-0.1, -0.05) is 0 Å². The predicted molar refractivity (Wildman–Crippen MR) is 47.5 cm³/mol. The molecule has 0 aliphatic heterocycles. The van der Waals surface area contributed by atoms with Gasteiger partial charge in [-0.2, -0.15) is 0 Å². The van der Waals surface area contributed by atoms with E-state index in [4.69, 9.17) is 16.0 Å². The molecule has 0 amide bonds. The molecule has 0 spiro atoms. The molecule has 0 aromatic heterocycles. The zero-order chi connectivity index (χ0) is 9.45. The Labute approximate surface area is 88.7 Å². The first-order valence-electron chi connectivity index (χ1n) is 4.01. The van der Waals surface area contributed by atoms with E-state index in [1.54, 1.807) is 0 Å². The average Bonchev–Trinajstić information content (AvgIpc) is 2.06. The molecule has 0 aromatic carbocycles. The summed E-state index contributed by atoms with van der Waals surface area (Å²) >= 11 is 0.918. The van der Waals surface area contributed by atoms with Crippen molar-refractivity contribution < 1.29 is 16.0 Å². The van der Waals surface area contributed by atoms with Crippen LogP contribution in [0.4, 0.5) is 0 Å². The summed E-state index contributed by atoms with van der Waals surface area (Å²) in [5, 5.41) is 0. The molecular formula is C6H15O4SiSn. The quantitative estimate of drug-likeness (QED) is 0.646. The maximum atomic E-state index is 5.35. The molecule has 0 saturated heterocycles. The van der Waals surface area contributed by atoms with Crippen molar-refractivity contribution >= 4 is 32.0 Å². The van der Waals surface area contributed by atoms with Gasteiger partial charge in [0.25, 0.3) is 0 Å². The number of hydrogen-bond donors (Lipinski definition) is 0. The Hall–Kier alpha value is 0.856. The summed E-state index contributed by atoms with van der Waals surface area (Å²) in [6.07, 6.45) is 0. The van der Waals surface area contributed by atoms with E-state index in [1.807, 2.05) is 20.8 Å². The fourth-order valence-corrected chi connectivity index (χ4v) is 3.74. The second kappa shape index (κ2) is 7.28. The van der Waals surface area contributed by atoms with Crippen molar-refractivity contribution in [2.75, 3.05) is 19.8 Å². The van der Waals surface area contributed by atoms with Crippen LogP contribution in [0.1, 0.15) is 20.8 Å². The third kappa shape index (κ3) is 4.19. The minimum atomic E-state index is -2.73. The third-order valence-electron chi connectivity index (χ3n) is 1.09. The Kier molecular flexibility index (Phi) is 7.80. The van der Waals surface area contributed by atoms with Gasteiger partial charge >= 0.3 is 88.6 Å². The Morgan fingerprint density at radius 3 is 1.42 bits per heavy atom. The Morgan fingerprint density at radius 2 is 1.25 bits per heavy atom. The SMILES string of the molecule is CCO[Si]([O][Sn])(OCC)OCC. The molecule has 0 bridgehead atoms. The van der Waals surface area contributed by atoms with Gasteiger partial charge in [-0.3, -0.25) is 0 Å². The van der Waals surface area contributed by atoms with E-state index < -0.39 is 9.05 Å². The van der Waals surface area contributed by atoms with E-state index in [9.17, 15) is 0 Å². The molecular weight excluding hydrogens is 283 g/mol. The van der Waals surface area contributed by atoms with Crippen molar-refractivity contribution in [2.24, 2.45) is 0 Å². The molecule has 0 rings (SSSR count). The van der Waals surface area contributed by atoms with Crippen LogP contribution < -0.4 is 0 Å². The van der Waals surface area contributed by atoms with Gasteiger partial charge in [0, 0.05) is 0 Å². The van der Waals surface area contributed by atoms with Gasteiger partial charge in [-0.25, -0.2) is 0 Å². The van der Waals surface area contributed by atoms with Crippen LogP contribution in [0.2, 0.25) is 0 Å². The van der Waals surface area contributed by atoms with Crippen molar-refractivity contribution in [1.29, 1.82) is 0 Å².